The number of methoxy groups -OCH3 is 2. The van der Waals surface area contributed by atoms with Crippen molar-refractivity contribution in [3.8, 4) is 5.75 Å². The number of alkyl carbamates (subject to hydrolysis) is 1. The minimum atomic E-state index is -1.89. The summed E-state index contributed by atoms with van der Waals surface area (Å²) in [7, 11) is 4.45. The number of imide groups is 2. The quantitative estimate of drug-likeness (QED) is 0.131. The first kappa shape index (κ1) is 56.6. The first-order valence-electron chi connectivity index (χ1n) is 24.9. The van der Waals surface area contributed by atoms with E-state index >= 15 is 0 Å². The maximum absolute atomic E-state index is 14.3. The van der Waals surface area contributed by atoms with Gasteiger partial charge in [0.15, 0.2) is 11.8 Å². The van der Waals surface area contributed by atoms with E-state index in [4.69, 9.17) is 49.6 Å². The third-order valence-electron chi connectivity index (χ3n) is 14.6. The van der Waals surface area contributed by atoms with Gasteiger partial charge in [-0.1, -0.05) is 35.4 Å². The molecule has 6 aliphatic heterocycles. The molecule has 5 fully saturated rings. The fraction of sp³-hybridized carbons (Fsp3) is 0.647. The largest absolute Gasteiger partial charge is 0.495 e. The summed E-state index contributed by atoms with van der Waals surface area (Å²) in [6.07, 6.45) is 2.29. The fourth-order valence-electron chi connectivity index (χ4n) is 10.5. The molecule has 4 saturated heterocycles. The van der Waals surface area contributed by atoms with Crippen molar-refractivity contribution in [3.05, 3.63) is 46.5 Å². The molecule has 8 atom stereocenters. The van der Waals surface area contributed by atoms with Gasteiger partial charge in [0.2, 0.25) is 17.7 Å². The molecule has 6 amide bonds. The van der Waals surface area contributed by atoms with E-state index < -0.39 is 88.3 Å². The van der Waals surface area contributed by atoms with Crippen LogP contribution in [0.5, 0.6) is 5.75 Å². The van der Waals surface area contributed by atoms with Crippen molar-refractivity contribution < 1.29 is 81.5 Å². The minimum absolute atomic E-state index is 0.00477. The van der Waals surface area contributed by atoms with Gasteiger partial charge in [-0.05, 0) is 83.4 Å². The summed E-state index contributed by atoms with van der Waals surface area (Å²) in [6.45, 7) is 7.38. The number of halogens is 1. The maximum atomic E-state index is 14.3. The van der Waals surface area contributed by atoms with Crippen molar-refractivity contribution >= 4 is 76.6 Å². The highest BCUT2D eigenvalue weighted by atomic mass is 35.5. The number of rotatable bonds is 16. The third kappa shape index (κ3) is 12.9. The highest BCUT2D eigenvalue weighted by Crippen LogP contribution is 2.50. The van der Waals surface area contributed by atoms with Crippen LogP contribution in [0.1, 0.15) is 97.5 Å². The van der Waals surface area contributed by atoms with Crippen molar-refractivity contribution in [1.29, 1.82) is 0 Å². The molecule has 74 heavy (non-hydrogen) atoms. The Labute approximate surface area is 439 Å². The summed E-state index contributed by atoms with van der Waals surface area (Å²) in [5.74, 6) is -3.19. The van der Waals surface area contributed by atoms with E-state index in [1.807, 2.05) is 13.0 Å². The first-order chi connectivity index (χ1) is 35.1. The number of ether oxygens (including phenoxy) is 7. The van der Waals surface area contributed by atoms with Gasteiger partial charge in [0.1, 0.15) is 40.3 Å². The van der Waals surface area contributed by atoms with Crippen LogP contribution < -0.4 is 15.0 Å². The Morgan fingerprint density at radius 2 is 1.66 bits per heavy atom. The molecule has 1 aliphatic carbocycles. The predicted octanol–water partition coefficient (Wildman–Crippen LogP) is 4.51. The van der Waals surface area contributed by atoms with Gasteiger partial charge in [-0.15, -0.1) is 16.8 Å². The van der Waals surface area contributed by atoms with Gasteiger partial charge in [-0.2, -0.15) is 0 Å². The molecule has 23 heteroatoms. The third-order valence-corrected chi connectivity index (χ3v) is 16.2. The SMILES string of the molecule is COc1cc2cc(c1Cl)N(C)C(=O)C[C@H](OC(=O)[C@H](C)OCCOCCSC1CC(=O)N(C[C@H]3CC[C@H](C(=O)ON4C(=O)CCC4=O)CC3)C1=O)[C@@]1(C)C[C@@](C)(O1)C1C[C@@](O)(NC(=O)O1)[C@H](OC)/C=C/C=C(\C)C2. The smallest absolute Gasteiger partial charge is 0.409 e. The molecule has 8 rings (SSSR count). The standard InChI is InChI=1S/C51H67ClN4O17S/c1-29-9-8-10-37(67-7)51(65)26-39(71-48(64)53-51)50(4)28-49(3,73-50)38(25-42(59)54(5)34-22-32(21-29)23-35(66-6)44(34)52)70-46(62)30(2)69-18-17-68-19-20-74-36-24-43(60)55(45(36)61)27-31-11-13-33(14-12-31)47(63)72-56-40(57)15-16-41(56)58/h8-10,22-23,30-31,33,36-39,65H,11-21,24-28H2,1-7H3,(H,53,64)/b10-8+,29-9+/t30-,31-,33-,36?,37+,38-,39?,49+,50+,51-/m0/s1. The molecule has 1 saturated carbocycles. The number of thioether (sulfide) groups is 1. The number of fused-ring (bicyclic) bond motifs is 6. The van der Waals surface area contributed by atoms with Crippen LogP contribution in [0, 0.1) is 11.8 Å². The monoisotopic (exact) mass is 1070 g/mol. The zero-order valence-electron chi connectivity index (χ0n) is 42.8. The topological polar surface area (TPSA) is 252 Å². The average Bonchev–Trinajstić information content (AvgIpc) is 3.80. The van der Waals surface area contributed by atoms with E-state index in [2.05, 4.69) is 5.32 Å². The van der Waals surface area contributed by atoms with E-state index in [-0.39, 0.29) is 87.6 Å². The number of nitrogens with one attached hydrogen (secondary N) is 1. The van der Waals surface area contributed by atoms with Crippen molar-refractivity contribution in [1.82, 2.24) is 15.3 Å². The van der Waals surface area contributed by atoms with Crippen LogP contribution in [0.4, 0.5) is 10.5 Å². The van der Waals surface area contributed by atoms with Crippen LogP contribution in [0.25, 0.3) is 0 Å². The summed E-state index contributed by atoms with van der Waals surface area (Å²) in [4.78, 5) is 111. The Morgan fingerprint density at radius 3 is 2.34 bits per heavy atom. The summed E-state index contributed by atoms with van der Waals surface area (Å²) in [5, 5.41) is 14.5. The van der Waals surface area contributed by atoms with E-state index in [1.54, 1.807) is 45.2 Å². The van der Waals surface area contributed by atoms with Crippen LogP contribution >= 0.6 is 23.4 Å². The minimum Gasteiger partial charge on any atom is -0.495 e. The Kier molecular flexibility index (Phi) is 18.2. The van der Waals surface area contributed by atoms with Crippen LogP contribution in [-0.2, 0) is 73.2 Å². The molecule has 2 unspecified atom stereocenters. The molecule has 7 aliphatic rings. The number of benzene rings is 1. The number of aliphatic hydroxyl groups is 1. The molecule has 6 heterocycles. The number of likely N-dealkylation sites (tertiary alicyclic amines) is 1. The van der Waals surface area contributed by atoms with E-state index in [0.717, 1.165) is 11.1 Å². The Balaban J connectivity index is 0.910. The molecular formula is C51H67ClN4O17S. The Hall–Kier alpha value is -5.10. The average molecular weight is 1080 g/mol. The van der Waals surface area contributed by atoms with E-state index in [1.165, 1.54) is 42.7 Å². The summed E-state index contributed by atoms with van der Waals surface area (Å²) >= 11 is 8.11. The van der Waals surface area contributed by atoms with Gasteiger partial charge < -0.3 is 48.0 Å². The van der Waals surface area contributed by atoms with Crippen molar-refractivity contribution in [2.75, 3.05) is 58.3 Å². The second-order valence-corrected chi connectivity index (χ2v) is 21.9. The molecule has 21 nitrogen and oxygen atoms in total. The van der Waals surface area contributed by atoms with Gasteiger partial charge in [0.25, 0.3) is 11.8 Å². The van der Waals surface area contributed by atoms with E-state index in [0.29, 0.717) is 54.4 Å². The molecule has 1 aromatic carbocycles. The summed E-state index contributed by atoms with van der Waals surface area (Å²) < 4.78 is 41.1. The van der Waals surface area contributed by atoms with Crippen LogP contribution in [-0.4, -0.2) is 163 Å². The second-order valence-electron chi connectivity index (χ2n) is 20.2. The number of hydroxylamine groups is 2. The van der Waals surface area contributed by atoms with Crippen LogP contribution in [0.3, 0.4) is 0 Å². The number of nitrogens with zero attached hydrogens (tertiary/aromatic N) is 3. The number of hydrogen-bond donors (Lipinski definition) is 2. The molecule has 0 aromatic heterocycles. The predicted molar refractivity (Wildman–Crippen MR) is 265 cm³/mol. The van der Waals surface area contributed by atoms with Crippen molar-refractivity contribution in [3.63, 3.8) is 0 Å². The highest BCUT2D eigenvalue weighted by molar-refractivity contribution is 8.00. The zero-order chi connectivity index (χ0) is 53.7. The lowest BCUT2D eigenvalue weighted by Gasteiger charge is -2.59. The van der Waals surface area contributed by atoms with Gasteiger partial charge in [-0.3, -0.25) is 34.2 Å². The number of carbonyl (C=O) groups is 8. The Bertz CT molecular complexity index is 2390. The molecule has 0 radical (unpaired) electrons. The molecule has 2 N–H and O–H groups in total. The number of amides is 6. The van der Waals surface area contributed by atoms with E-state index in [9.17, 15) is 43.5 Å². The van der Waals surface area contributed by atoms with Gasteiger partial charge >= 0.3 is 18.0 Å². The number of esters is 1. The normalized spacial score (nSPS) is 32.3. The fourth-order valence-corrected chi connectivity index (χ4v) is 11.8. The van der Waals surface area contributed by atoms with Crippen LogP contribution in [0.15, 0.2) is 35.9 Å². The van der Waals surface area contributed by atoms with Gasteiger partial charge in [0, 0.05) is 58.6 Å². The van der Waals surface area contributed by atoms with Gasteiger partial charge in [-0.25, -0.2) is 14.4 Å². The Morgan fingerprint density at radius 1 is 0.959 bits per heavy atom. The summed E-state index contributed by atoms with van der Waals surface area (Å²) in [6, 6.07) is 3.55. The maximum Gasteiger partial charge on any atom is 0.409 e. The lowest BCUT2D eigenvalue weighted by Crippen LogP contribution is -2.72. The number of carbonyl (C=O) groups excluding carboxylic acids is 8. The molecule has 6 bridgehead atoms. The molecule has 1 aromatic rings. The van der Waals surface area contributed by atoms with Crippen molar-refractivity contribution in [2.45, 2.75) is 145 Å². The van der Waals surface area contributed by atoms with Crippen LogP contribution in [0.2, 0.25) is 5.02 Å². The highest BCUT2D eigenvalue weighted by Gasteiger charge is 2.63. The number of allylic oxidation sites excluding steroid dienone is 3. The zero-order valence-corrected chi connectivity index (χ0v) is 44.4. The molecule has 406 valence electrons. The summed E-state index contributed by atoms with van der Waals surface area (Å²) in [5.41, 5.74) is -2.32. The lowest BCUT2D eigenvalue weighted by molar-refractivity contribution is -0.328. The second kappa shape index (κ2) is 23.8. The first-order valence-corrected chi connectivity index (χ1v) is 26.3. The number of hydrogen-bond acceptors (Lipinski definition) is 18. The van der Waals surface area contributed by atoms with Gasteiger partial charge in [0.05, 0.1) is 50.2 Å². The number of anilines is 1. The molecular weight excluding hydrogens is 1010 g/mol. The molecule has 0 spiro atoms. The lowest BCUT2D eigenvalue weighted by atomic mass is 9.72. The van der Waals surface area contributed by atoms with Crippen molar-refractivity contribution in [2.24, 2.45) is 11.8 Å².